The first kappa shape index (κ1) is 34.0. The van der Waals surface area contributed by atoms with Crippen LogP contribution >= 0.6 is 0 Å². The van der Waals surface area contributed by atoms with E-state index in [1.807, 2.05) is 0 Å². The van der Waals surface area contributed by atoms with E-state index in [0.717, 1.165) is 12.8 Å². The Hall–Kier alpha value is 0.410. The van der Waals surface area contributed by atoms with Crippen LogP contribution in [-0.2, 0) is 25.8 Å². The van der Waals surface area contributed by atoms with E-state index in [1.165, 1.54) is 88.2 Å². The van der Waals surface area contributed by atoms with Crippen LogP contribution in [0, 0.1) is 12.2 Å². The van der Waals surface area contributed by atoms with E-state index in [0.29, 0.717) is 0 Å². The molecule has 0 aromatic carbocycles. The summed E-state index contributed by atoms with van der Waals surface area (Å²) < 4.78 is 0. The van der Waals surface area contributed by atoms with Crippen molar-refractivity contribution in [3.63, 3.8) is 0 Å². The molecule has 0 radical (unpaired) electrons. The summed E-state index contributed by atoms with van der Waals surface area (Å²) in [5.41, 5.74) is 6.23. The molecule has 0 unspecified atom stereocenters. The Labute approximate surface area is 213 Å². The summed E-state index contributed by atoms with van der Waals surface area (Å²) in [6, 6.07) is 0. The van der Waals surface area contributed by atoms with Gasteiger partial charge in [-0.1, -0.05) is 105 Å². The van der Waals surface area contributed by atoms with Crippen molar-refractivity contribution < 1.29 is 50.7 Å². The monoisotopic (exact) mass is 604 g/mol. The molecule has 0 aliphatic heterocycles. The molecule has 0 aromatic rings. The third-order valence-electron chi connectivity index (χ3n) is 5.26. The molecule has 0 amide bonds. The molecule has 0 saturated carbocycles. The molecule has 0 atom stereocenters. The minimum atomic E-state index is 0. The van der Waals surface area contributed by atoms with E-state index in [2.05, 4.69) is 52.0 Å². The Morgan fingerprint density at radius 2 is 0.897 bits per heavy atom. The van der Waals surface area contributed by atoms with Gasteiger partial charge in [-0.15, -0.1) is 12.8 Å². The Bertz CT molecular complexity index is 411. The predicted molar refractivity (Wildman–Crippen MR) is 117 cm³/mol. The van der Waals surface area contributed by atoms with Gasteiger partial charge in [0.1, 0.15) is 0 Å². The average Bonchev–Trinajstić information content (AvgIpc) is 3.30. The van der Waals surface area contributed by atoms with Crippen molar-refractivity contribution in [2.24, 2.45) is 0 Å². The van der Waals surface area contributed by atoms with E-state index >= 15 is 0 Å². The van der Waals surface area contributed by atoms with Gasteiger partial charge in [0.05, 0.1) is 0 Å². The van der Waals surface area contributed by atoms with Crippen LogP contribution in [0.15, 0.2) is 34.4 Å². The number of allylic oxidation sites excluding steroid dienone is 8. The van der Waals surface area contributed by atoms with E-state index in [9.17, 15) is 0 Å². The first-order valence-corrected chi connectivity index (χ1v) is 11.3. The van der Waals surface area contributed by atoms with Crippen molar-refractivity contribution in [1.29, 1.82) is 0 Å². The molecule has 29 heavy (non-hydrogen) atoms. The first-order valence-electron chi connectivity index (χ1n) is 11.3. The summed E-state index contributed by atoms with van der Waals surface area (Å²) in [5, 5.41) is 0. The quantitative estimate of drug-likeness (QED) is 0.238. The Kier molecular flexibility index (Phi) is 27.1. The summed E-state index contributed by atoms with van der Waals surface area (Å²) in [6.07, 6.45) is 29.4. The van der Waals surface area contributed by atoms with Crippen LogP contribution in [-0.4, -0.2) is 0 Å². The molecule has 0 spiro atoms. The van der Waals surface area contributed by atoms with Crippen molar-refractivity contribution in [1.82, 2.24) is 0 Å². The molecule has 164 valence electrons. The molecule has 0 fully saturated rings. The minimum Gasteiger partial charge on any atom is -1.00 e. The maximum Gasteiger partial charge on any atom is 4.00 e. The maximum absolute atomic E-state index is 3.47. The largest absolute Gasteiger partial charge is 4.00 e. The van der Waals surface area contributed by atoms with Gasteiger partial charge in [-0.25, -0.2) is 11.1 Å². The normalized spacial score (nSPS) is 14.2. The Balaban J connectivity index is -0.000000422. The molecular weight excluding hydrogens is 562 g/mol. The number of hydrogen-bond donors (Lipinski definition) is 0. The van der Waals surface area contributed by atoms with Crippen molar-refractivity contribution in [2.75, 3.05) is 0 Å². The first-order chi connectivity index (χ1) is 12.8. The molecule has 2 aliphatic carbocycles. The minimum absolute atomic E-state index is 0. The van der Waals surface area contributed by atoms with Gasteiger partial charge >= 0.3 is 25.8 Å². The van der Waals surface area contributed by atoms with Gasteiger partial charge in [-0.05, 0) is 0 Å². The fourth-order valence-corrected chi connectivity index (χ4v) is 3.51. The third-order valence-corrected chi connectivity index (χ3v) is 5.26. The number of rotatable bonds is 12. The van der Waals surface area contributed by atoms with E-state index in [-0.39, 0.29) is 50.7 Å². The smallest absolute Gasteiger partial charge is 1.00 e. The third kappa shape index (κ3) is 14.9. The second-order valence-electron chi connectivity index (χ2n) is 7.59. The van der Waals surface area contributed by atoms with E-state index < -0.39 is 0 Å². The standard InChI is InChI=1S/2C13H21.2ClH.Hf/c2*1-3-5-8-12-10-7-11-13(12)9-6-4-2;;;/h2*10H,3-9H2,1-2H3;2*1H;/q2*-1;;;+4/p-2. The number of hydrogen-bond acceptors (Lipinski definition) is 0. The Morgan fingerprint density at radius 1 is 0.586 bits per heavy atom. The van der Waals surface area contributed by atoms with Gasteiger partial charge in [-0.3, -0.25) is 12.2 Å². The molecule has 3 heteroatoms. The van der Waals surface area contributed by atoms with Gasteiger partial charge in [0, 0.05) is 0 Å². The van der Waals surface area contributed by atoms with Crippen LogP contribution in [0.5, 0.6) is 0 Å². The zero-order chi connectivity index (χ0) is 19.0. The molecule has 0 saturated heterocycles. The van der Waals surface area contributed by atoms with E-state index in [4.69, 9.17) is 0 Å². The summed E-state index contributed by atoms with van der Waals surface area (Å²) in [4.78, 5) is 0. The fourth-order valence-electron chi connectivity index (χ4n) is 3.51. The summed E-state index contributed by atoms with van der Waals surface area (Å²) in [5.74, 6) is 0. The summed E-state index contributed by atoms with van der Waals surface area (Å²) in [6.45, 7) is 9.03. The van der Waals surface area contributed by atoms with Crippen LogP contribution < -0.4 is 24.8 Å². The number of unbranched alkanes of at least 4 members (excludes halogenated alkanes) is 4. The zero-order valence-corrected chi connectivity index (χ0v) is 24.4. The average molecular weight is 604 g/mol. The molecule has 0 bridgehead atoms. The fraction of sp³-hybridized carbons (Fsp3) is 0.692. The molecule has 0 heterocycles. The summed E-state index contributed by atoms with van der Waals surface area (Å²) in [7, 11) is 0. The summed E-state index contributed by atoms with van der Waals surface area (Å²) >= 11 is 0. The van der Waals surface area contributed by atoms with Gasteiger partial charge < -0.3 is 24.8 Å². The molecule has 0 nitrogen and oxygen atoms in total. The van der Waals surface area contributed by atoms with Gasteiger partial charge in [-0.2, -0.15) is 23.3 Å². The molecule has 2 aliphatic rings. The maximum atomic E-state index is 3.47. The van der Waals surface area contributed by atoms with Gasteiger partial charge in [0.15, 0.2) is 0 Å². The predicted octanol–water partition coefficient (Wildman–Crippen LogP) is 2.86. The van der Waals surface area contributed by atoms with Gasteiger partial charge in [0.2, 0.25) is 0 Å². The van der Waals surface area contributed by atoms with Crippen LogP contribution in [0.1, 0.15) is 118 Å². The van der Waals surface area contributed by atoms with Crippen molar-refractivity contribution in [3.8, 4) is 0 Å². The van der Waals surface area contributed by atoms with Gasteiger partial charge in [0.25, 0.3) is 0 Å². The van der Waals surface area contributed by atoms with Crippen LogP contribution in [0.25, 0.3) is 0 Å². The topological polar surface area (TPSA) is 0 Å². The van der Waals surface area contributed by atoms with E-state index in [1.54, 1.807) is 11.1 Å². The van der Waals surface area contributed by atoms with Crippen LogP contribution in [0.3, 0.4) is 0 Å². The van der Waals surface area contributed by atoms with Crippen LogP contribution in [0.4, 0.5) is 0 Å². The number of halogens is 2. The van der Waals surface area contributed by atoms with Crippen molar-refractivity contribution in [3.05, 3.63) is 46.6 Å². The SMILES string of the molecule is CCCCC1=[C-]CC=C1CCCC.CCCCC1=[C-]CC=C1CCCC.[Cl-].[Cl-].[Hf+4]. The van der Waals surface area contributed by atoms with Crippen LogP contribution in [0.2, 0.25) is 0 Å². The van der Waals surface area contributed by atoms with Crippen molar-refractivity contribution in [2.45, 2.75) is 118 Å². The molecular formula is C26H42Cl2Hf. The second kappa shape index (κ2) is 23.1. The van der Waals surface area contributed by atoms with Crippen molar-refractivity contribution >= 4 is 0 Å². The zero-order valence-electron chi connectivity index (χ0n) is 19.3. The molecule has 2 rings (SSSR count). The Morgan fingerprint density at radius 3 is 1.21 bits per heavy atom. The molecule has 0 N–H and O–H groups in total. The second-order valence-corrected chi connectivity index (χ2v) is 7.59. The molecule has 0 aromatic heterocycles.